The Morgan fingerprint density at radius 1 is 1.30 bits per heavy atom. The average molecular weight is 310 g/mol. The molecule has 0 saturated carbocycles. The van der Waals surface area contributed by atoms with Crippen LogP contribution in [0.4, 0.5) is 4.39 Å². The molecule has 0 radical (unpaired) electrons. The summed E-state index contributed by atoms with van der Waals surface area (Å²) in [6.07, 6.45) is 1.31. The summed E-state index contributed by atoms with van der Waals surface area (Å²) in [7, 11) is 1.67. The molecule has 0 aliphatic carbocycles. The lowest BCUT2D eigenvalue weighted by Gasteiger charge is -2.08. The van der Waals surface area contributed by atoms with Gasteiger partial charge in [-0.25, -0.2) is 9.18 Å². The van der Waals surface area contributed by atoms with Crippen molar-refractivity contribution in [3.63, 3.8) is 0 Å². The van der Waals surface area contributed by atoms with Gasteiger partial charge in [0.2, 0.25) is 0 Å². The van der Waals surface area contributed by atoms with E-state index >= 15 is 0 Å². The zero-order valence-corrected chi connectivity index (χ0v) is 12.0. The van der Waals surface area contributed by atoms with Crippen LogP contribution in [0.3, 0.4) is 0 Å². The first-order valence-electron chi connectivity index (χ1n) is 6.67. The van der Waals surface area contributed by atoms with Gasteiger partial charge in [-0.15, -0.1) is 0 Å². The highest BCUT2D eigenvalue weighted by Gasteiger charge is 2.16. The zero-order chi connectivity index (χ0) is 16.7. The second-order valence-electron chi connectivity index (χ2n) is 5.15. The van der Waals surface area contributed by atoms with Crippen LogP contribution < -0.4 is 0 Å². The number of halogens is 1. The van der Waals surface area contributed by atoms with Crippen molar-refractivity contribution in [3.8, 4) is 22.9 Å². The number of phenols is 1. The predicted octanol–water partition coefficient (Wildman–Crippen LogP) is 3.26. The van der Waals surface area contributed by atoms with E-state index in [1.165, 1.54) is 30.5 Å². The third-order valence-electron chi connectivity index (χ3n) is 3.71. The van der Waals surface area contributed by atoms with E-state index in [2.05, 4.69) is 0 Å². The van der Waals surface area contributed by atoms with Gasteiger partial charge in [-0.2, -0.15) is 5.26 Å². The number of hydrogen-bond acceptors (Lipinski definition) is 3. The van der Waals surface area contributed by atoms with Crippen molar-refractivity contribution < 1.29 is 19.4 Å². The maximum Gasteiger partial charge on any atom is 0.339 e. The standard InChI is InChI=1S/C17H11FN2O3/c1-20-8-13(18)16-12(4-9(7-19)5-14(16)20)10-2-3-11(17(22)23)15(21)6-10/h2-6,8,21H,1H3,(H,22,23). The highest BCUT2D eigenvalue weighted by Crippen LogP contribution is 2.35. The number of aryl methyl sites for hydroxylation is 1. The number of nitrogens with zero attached hydrogens (tertiary/aromatic N) is 2. The Hall–Kier alpha value is -3.33. The topological polar surface area (TPSA) is 86.2 Å². The average Bonchev–Trinajstić information content (AvgIpc) is 2.80. The molecule has 23 heavy (non-hydrogen) atoms. The number of carboxylic acid groups (broad SMARTS) is 1. The second kappa shape index (κ2) is 5.14. The molecule has 0 fully saturated rings. The summed E-state index contributed by atoms with van der Waals surface area (Å²) in [4.78, 5) is 11.0. The lowest BCUT2D eigenvalue weighted by atomic mass is 9.97. The lowest BCUT2D eigenvalue weighted by Crippen LogP contribution is -1.96. The minimum Gasteiger partial charge on any atom is -0.507 e. The number of aromatic hydroxyl groups is 1. The van der Waals surface area contributed by atoms with Gasteiger partial charge in [0.1, 0.15) is 17.1 Å². The quantitative estimate of drug-likeness (QED) is 0.760. The first-order chi connectivity index (χ1) is 10.9. The van der Waals surface area contributed by atoms with Gasteiger partial charge in [0.05, 0.1) is 17.1 Å². The van der Waals surface area contributed by atoms with Crippen molar-refractivity contribution in [2.45, 2.75) is 0 Å². The van der Waals surface area contributed by atoms with Gasteiger partial charge in [0.25, 0.3) is 0 Å². The van der Waals surface area contributed by atoms with Crippen molar-refractivity contribution in [3.05, 3.63) is 53.5 Å². The molecule has 0 aliphatic rings. The fourth-order valence-corrected chi connectivity index (χ4v) is 2.63. The van der Waals surface area contributed by atoms with E-state index < -0.39 is 17.5 Å². The van der Waals surface area contributed by atoms with Crippen molar-refractivity contribution >= 4 is 16.9 Å². The van der Waals surface area contributed by atoms with E-state index in [0.717, 1.165) is 0 Å². The van der Waals surface area contributed by atoms with Crippen molar-refractivity contribution in [2.75, 3.05) is 0 Å². The summed E-state index contributed by atoms with van der Waals surface area (Å²) in [5, 5.41) is 28.3. The number of aromatic nitrogens is 1. The van der Waals surface area contributed by atoms with Crippen LogP contribution in [0.25, 0.3) is 22.0 Å². The van der Waals surface area contributed by atoms with Crippen LogP contribution in [0, 0.1) is 17.1 Å². The van der Waals surface area contributed by atoms with Gasteiger partial charge < -0.3 is 14.8 Å². The summed E-state index contributed by atoms with van der Waals surface area (Å²) in [6.45, 7) is 0. The highest BCUT2D eigenvalue weighted by molar-refractivity contribution is 5.98. The fourth-order valence-electron chi connectivity index (χ4n) is 2.63. The predicted molar refractivity (Wildman–Crippen MR) is 81.7 cm³/mol. The number of carbonyl (C=O) groups is 1. The number of fused-ring (bicyclic) bond motifs is 1. The summed E-state index contributed by atoms with van der Waals surface area (Å²) >= 11 is 0. The van der Waals surface area contributed by atoms with Crippen molar-refractivity contribution in [2.24, 2.45) is 7.05 Å². The van der Waals surface area contributed by atoms with Gasteiger partial charge in [-0.3, -0.25) is 0 Å². The molecule has 0 aliphatic heterocycles. The molecule has 3 aromatic rings. The Balaban J connectivity index is 2.34. The third kappa shape index (κ3) is 2.28. The number of hydrogen-bond donors (Lipinski definition) is 2. The van der Waals surface area contributed by atoms with E-state index in [4.69, 9.17) is 10.4 Å². The first-order valence-corrected chi connectivity index (χ1v) is 6.67. The monoisotopic (exact) mass is 310 g/mol. The smallest absolute Gasteiger partial charge is 0.339 e. The maximum atomic E-state index is 14.2. The summed E-state index contributed by atoms with van der Waals surface area (Å²) in [6, 6.07) is 9.09. The molecule has 5 nitrogen and oxygen atoms in total. The van der Waals surface area contributed by atoms with Crippen LogP contribution in [-0.4, -0.2) is 20.7 Å². The Kier molecular flexibility index (Phi) is 3.26. The molecule has 114 valence electrons. The van der Waals surface area contributed by atoms with E-state index in [1.807, 2.05) is 6.07 Å². The van der Waals surface area contributed by atoms with Gasteiger partial charge in [0.15, 0.2) is 0 Å². The number of benzene rings is 2. The van der Waals surface area contributed by atoms with Crippen LogP contribution in [0.5, 0.6) is 5.75 Å². The molecule has 0 unspecified atom stereocenters. The minimum absolute atomic E-state index is 0.241. The molecule has 3 rings (SSSR count). The molecule has 2 aromatic carbocycles. The largest absolute Gasteiger partial charge is 0.507 e. The molecule has 0 saturated heterocycles. The summed E-state index contributed by atoms with van der Waals surface area (Å²) in [5.41, 5.74) is 1.49. The third-order valence-corrected chi connectivity index (χ3v) is 3.71. The molecule has 1 heterocycles. The van der Waals surface area contributed by atoms with Gasteiger partial charge in [-0.1, -0.05) is 6.07 Å². The highest BCUT2D eigenvalue weighted by atomic mass is 19.1. The van der Waals surface area contributed by atoms with E-state index in [-0.39, 0.29) is 5.56 Å². The molecule has 0 spiro atoms. The first kappa shape index (κ1) is 14.6. The van der Waals surface area contributed by atoms with Crippen LogP contribution in [-0.2, 0) is 7.05 Å². The molecular weight excluding hydrogens is 299 g/mol. The Labute approximate surface area is 130 Å². The Morgan fingerprint density at radius 2 is 2.04 bits per heavy atom. The van der Waals surface area contributed by atoms with Gasteiger partial charge in [0, 0.05) is 18.6 Å². The number of carboxylic acids is 1. The molecule has 2 N–H and O–H groups in total. The van der Waals surface area contributed by atoms with E-state index in [1.54, 1.807) is 17.7 Å². The number of aromatic carboxylic acids is 1. The SMILES string of the molecule is Cn1cc(F)c2c(-c3ccc(C(=O)O)c(O)c3)cc(C#N)cc21. The normalized spacial score (nSPS) is 10.7. The molecule has 1 aromatic heterocycles. The van der Waals surface area contributed by atoms with Crippen LogP contribution >= 0.6 is 0 Å². The Bertz CT molecular complexity index is 999. The lowest BCUT2D eigenvalue weighted by molar-refractivity contribution is 0.0694. The Morgan fingerprint density at radius 3 is 2.65 bits per heavy atom. The fraction of sp³-hybridized carbons (Fsp3) is 0.0588. The van der Waals surface area contributed by atoms with E-state index in [9.17, 15) is 14.3 Å². The summed E-state index contributed by atoms with van der Waals surface area (Å²) in [5.74, 6) is -2.12. The maximum absolute atomic E-state index is 14.2. The van der Waals surface area contributed by atoms with Crippen LogP contribution in [0.2, 0.25) is 0 Å². The van der Waals surface area contributed by atoms with Crippen molar-refractivity contribution in [1.29, 1.82) is 5.26 Å². The zero-order valence-electron chi connectivity index (χ0n) is 12.0. The minimum atomic E-state index is -1.25. The second-order valence-corrected chi connectivity index (χ2v) is 5.15. The molecule has 0 atom stereocenters. The van der Waals surface area contributed by atoms with Crippen molar-refractivity contribution in [1.82, 2.24) is 4.57 Å². The number of nitriles is 1. The van der Waals surface area contributed by atoms with Gasteiger partial charge >= 0.3 is 5.97 Å². The van der Waals surface area contributed by atoms with E-state index in [0.29, 0.717) is 27.6 Å². The molecular formula is C17H11FN2O3. The molecule has 0 amide bonds. The molecule has 0 bridgehead atoms. The van der Waals surface area contributed by atoms with Crippen LogP contribution in [0.15, 0.2) is 36.5 Å². The van der Waals surface area contributed by atoms with Gasteiger partial charge in [-0.05, 0) is 35.4 Å². The molecule has 6 heteroatoms. The van der Waals surface area contributed by atoms with Crippen LogP contribution in [0.1, 0.15) is 15.9 Å². The number of rotatable bonds is 2. The summed E-state index contributed by atoms with van der Waals surface area (Å²) < 4.78 is 15.8.